The number of benzene rings is 6. The van der Waals surface area contributed by atoms with E-state index in [0.717, 1.165) is 72.8 Å². The molecule has 0 spiro atoms. The molecule has 0 amide bonds. The highest BCUT2D eigenvalue weighted by atomic mass is 14.9. The molecule has 5 heteroatoms. The van der Waals surface area contributed by atoms with Crippen molar-refractivity contribution < 1.29 is 0 Å². The molecule has 0 aliphatic heterocycles. The second kappa shape index (κ2) is 12.6. The molecule has 8 rings (SSSR count). The number of nitrogens with zero attached hydrogens (tertiary/aromatic N) is 5. The van der Waals surface area contributed by atoms with Crippen LogP contribution in [0.5, 0.6) is 0 Å². The van der Waals surface area contributed by atoms with E-state index in [1.165, 1.54) is 0 Å². The van der Waals surface area contributed by atoms with Crippen molar-refractivity contribution in [1.29, 1.82) is 5.26 Å². The van der Waals surface area contributed by atoms with Crippen molar-refractivity contribution >= 4 is 11.0 Å². The Hall–Kier alpha value is -6.77. The van der Waals surface area contributed by atoms with Crippen molar-refractivity contribution in [3.05, 3.63) is 169 Å². The standard InChI is InChI=1S/C43H27N5/c44-28-29-12-9-19-34(24-29)41-42(46-38-23-8-7-22-37(38)45-41)35-20-10-17-32(25-35)33-18-11-21-36(26-33)43-47-39(30-13-3-1-4-14-30)27-40(48-43)31-15-5-2-6-16-31/h1-27H. The van der Waals surface area contributed by atoms with Gasteiger partial charge < -0.3 is 0 Å². The Balaban J connectivity index is 1.24. The molecule has 0 atom stereocenters. The molecule has 2 heterocycles. The van der Waals surface area contributed by atoms with Gasteiger partial charge in [0, 0.05) is 27.8 Å². The number of fused-ring (bicyclic) bond motifs is 1. The maximum atomic E-state index is 9.59. The fraction of sp³-hybridized carbons (Fsp3) is 0. The average molecular weight is 614 g/mol. The van der Waals surface area contributed by atoms with Gasteiger partial charge in [0.1, 0.15) is 0 Å². The highest BCUT2D eigenvalue weighted by Gasteiger charge is 2.16. The summed E-state index contributed by atoms with van der Waals surface area (Å²) in [6, 6.07) is 56.8. The minimum atomic E-state index is 0.577. The van der Waals surface area contributed by atoms with E-state index in [2.05, 4.69) is 72.8 Å². The largest absolute Gasteiger partial charge is 0.244 e. The molecular formula is C43H27N5. The van der Waals surface area contributed by atoms with Crippen molar-refractivity contribution in [2.24, 2.45) is 0 Å². The Labute approximate surface area is 278 Å². The van der Waals surface area contributed by atoms with Crippen molar-refractivity contribution in [2.75, 3.05) is 0 Å². The van der Waals surface area contributed by atoms with Gasteiger partial charge in [0.25, 0.3) is 0 Å². The first-order valence-electron chi connectivity index (χ1n) is 15.7. The van der Waals surface area contributed by atoms with Crippen LogP contribution in [0.2, 0.25) is 0 Å². The fourth-order valence-corrected chi connectivity index (χ4v) is 5.91. The Morgan fingerprint density at radius 2 is 0.792 bits per heavy atom. The minimum Gasteiger partial charge on any atom is -0.244 e. The van der Waals surface area contributed by atoms with E-state index in [9.17, 15) is 5.26 Å². The first kappa shape index (κ1) is 28.7. The van der Waals surface area contributed by atoms with Gasteiger partial charge in [-0.05, 0) is 53.6 Å². The van der Waals surface area contributed by atoms with Crippen molar-refractivity contribution in [1.82, 2.24) is 19.9 Å². The molecule has 0 fully saturated rings. The van der Waals surface area contributed by atoms with E-state index in [4.69, 9.17) is 19.9 Å². The molecule has 224 valence electrons. The lowest BCUT2D eigenvalue weighted by Gasteiger charge is -2.13. The SMILES string of the molecule is N#Cc1cccc(-c2nc3ccccc3nc2-c2cccc(-c3cccc(-c4nc(-c5ccccc5)cc(-c5ccccc5)n4)c3)c2)c1. The van der Waals surface area contributed by atoms with Gasteiger partial charge >= 0.3 is 0 Å². The molecule has 0 unspecified atom stereocenters. The van der Waals surface area contributed by atoms with E-state index in [1.807, 2.05) is 91.0 Å². The zero-order valence-electron chi connectivity index (χ0n) is 25.8. The molecule has 0 N–H and O–H groups in total. The Bertz CT molecular complexity index is 2410. The quantitative estimate of drug-likeness (QED) is 0.187. The second-order valence-corrected chi connectivity index (χ2v) is 11.5. The maximum absolute atomic E-state index is 9.59. The number of para-hydroxylation sites is 2. The van der Waals surface area contributed by atoms with Crippen LogP contribution in [0.4, 0.5) is 0 Å². The van der Waals surface area contributed by atoms with Crippen LogP contribution in [0.15, 0.2) is 164 Å². The van der Waals surface area contributed by atoms with Gasteiger partial charge in [0.05, 0.1) is 45.4 Å². The minimum absolute atomic E-state index is 0.577. The second-order valence-electron chi connectivity index (χ2n) is 11.5. The van der Waals surface area contributed by atoms with Gasteiger partial charge in [-0.3, -0.25) is 0 Å². The van der Waals surface area contributed by atoms with E-state index in [1.54, 1.807) is 6.07 Å². The van der Waals surface area contributed by atoms with Crippen molar-refractivity contribution in [3.63, 3.8) is 0 Å². The average Bonchev–Trinajstić information content (AvgIpc) is 3.18. The third-order valence-corrected chi connectivity index (χ3v) is 8.29. The molecular weight excluding hydrogens is 587 g/mol. The summed E-state index contributed by atoms with van der Waals surface area (Å²) in [5, 5.41) is 9.59. The summed E-state index contributed by atoms with van der Waals surface area (Å²) in [5.41, 5.74) is 12.3. The van der Waals surface area contributed by atoms with Gasteiger partial charge in [-0.2, -0.15) is 5.26 Å². The molecule has 6 aromatic carbocycles. The number of rotatable bonds is 6. The molecule has 5 nitrogen and oxygen atoms in total. The van der Waals surface area contributed by atoms with Gasteiger partial charge in [0.2, 0.25) is 0 Å². The normalized spacial score (nSPS) is 10.9. The lowest BCUT2D eigenvalue weighted by atomic mass is 9.97. The summed E-state index contributed by atoms with van der Waals surface area (Å²) < 4.78 is 0. The predicted octanol–water partition coefficient (Wildman–Crippen LogP) is 10.3. The van der Waals surface area contributed by atoms with Gasteiger partial charge in [-0.25, -0.2) is 19.9 Å². The van der Waals surface area contributed by atoms with Crippen LogP contribution < -0.4 is 0 Å². The number of aromatic nitrogens is 4. The zero-order valence-corrected chi connectivity index (χ0v) is 25.8. The summed E-state index contributed by atoms with van der Waals surface area (Å²) in [4.78, 5) is 20.2. The first-order chi connectivity index (χ1) is 23.7. The van der Waals surface area contributed by atoms with Crippen LogP contribution in [0.3, 0.4) is 0 Å². The highest BCUT2D eigenvalue weighted by Crippen LogP contribution is 2.35. The van der Waals surface area contributed by atoms with Gasteiger partial charge in [-0.15, -0.1) is 0 Å². The molecule has 0 aliphatic carbocycles. The molecule has 0 saturated carbocycles. The Morgan fingerprint density at radius 3 is 1.35 bits per heavy atom. The monoisotopic (exact) mass is 613 g/mol. The van der Waals surface area contributed by atoms with E-state index in [0.29, 0.717) is 11.4 Å². The van der Waals surface area contributed by atoms with Crippen LogP contribution in [0, 0.1) is 11.3 Å². The van der Waals surface area contributed by atoms with Crippen molar-refractivity contribution in [3.8, 4) is 73.6 Å². The lowest BCUT2D eigenvalue weighted by molar-refractivity contribution is 1.18. The molecule has 0 bridgehead atoms. The predicted molar refractivity (Wildman–Crippen MR) is 192 cm³/mol. The molecule has 0 radical (unpaired) electrons. The van der Waals surface area contributed by atoms with E-state index in [-0.39, 0.29) is 0 Å². The highest BCUT2D eigenvalue weighted by molar-refractivity contribution is 5.88. The molecule has 2 aromatic heterocycles. The third-order valence-electron chi connectivity index (χ3n) is 8.29. The fourth-order valence-electron chi connectivity index (χ4n) is 5.91. The Morgan fingerprint density at radius 1 is 0.354 bits per heavy atom. The van der Waals surface area contributed by atoms with Crippen LogP contribution in [0.25, 0.3) is 78.6 Å². The first-order valence-corrected chi connectivity index (χ1v) is 15.7. The number of hydrogen-bond donors (Lipinski definition) is 0. The van der Waals surface area contributed by atoms with Crippen LogP contribution >= 0.6 is 0 Å². The Kier molecular flexibility index (Phi) is 7.50. The van der Waals surface area contributed by atoms with Crippen LogP contribution in [-0.2, 0) is 0 Å². The van der Waals surface area contributed by atoms with Crippen LogP contribution in [0.1, 0.15) is 5.56 Å². The maximum Gasteiger partial charge on any atom is 0.160 e. The van der Waals surface area contributed by atoms with Gasteiger partial charge in [0.15, 0.2) is 5.82 Å². The topological polar surface area (TPSA) is 75.3 Å². The third kappa shape index (κ3) is 5.71. The summed E-state index contributed by atoms with van der Waals surface area (Å²) in [5.74, 6) is 0.660. The summed E-state index contributed by atoms with van der Waals surface area (Å²) >= 11 is 0. The van der Waals surface area contributed by atoms with Crippen molar-refractivity contribution in [2.45, 2.75) is 0 Å². The summed E-state index contributed by atoms with van der Waals surface area (Å²) in [7, 11) is 0. The van der Waals surface area contributed by atoms with E-state index < -0.39 is 0 Å². The van der Waals surface area contributed by atoms with Gasteiger partial charge in [-0.1, -0.05) is 121 Å². The van der Waals surface area contributed by atoms with E-state index >= 15 is 0 Å². The number of hydrogen-bond acceptors (Lipinski definition) is 5. The smallest absolute Gasteiger partial charge is 0.160 e. The molecule has 0 aliphatic rings. The molecule has 48 heavy (non-hydrogen) atoms. The summed E-state index contributed by atoms with van der Waals surface area (Å²) in [6.07, 6.45) is 0. The molecule has 8 aromatic rings. The number of nitriles is 1. The molecule has 0 saturated heterocycles. The van der Waals surface area contributed by atoms with Crippen LogP contribution in [-0.4, -0.2) is 19.9 Å². The summed E-state index contributed by atoms with van der Waals surface area (Å²) in [6.45, 7) is 0. The lowest BCUT2D eigenvalue weighted by Crippen LogP contribution is -1.97. The zero-order chi connectivity index (χ0) is 32.3.